The van der Waals surface area contributed by atoms with Crippen molar-refractivity contribution in [2.75, 3.05) is 12.3 Å². The van der Waals surface area contributed by atoms with Gasteiger partial charge < -0.3 is 10.2 Å². The number of hydrogen-bond donors (Lipinski definition) is 1. The molecule has 0 radical (unpaired) electrons. The molecule has 0 aliphatic carbocycles. The van der Waals surface area contributed by atoms with Crippen molar-refractivity contribution in [3.8, 4) is 0 Å². The quantitative estimate of drug-likeness (QED) is 0.487. The lowest BCUT2D eigenvalue weighted by Crippen LogP contribution is -2.48. The summed E-state index contributed by atoms with van der Waals surface area (Å²) < 4.78 is 13.2. The zero-order valence-corrected chi connectivity index (χ0v) is 18.9. The maximum absolute atomic E-state index is 13.2. The highest BCUT2D eigenvalue weighted by atomic mass is 35.5. The molecule has 2 aromatic rings. The minimum Gasteiger partial charge on any atom is -0.354 e. The van der Waals surface area contributed by atoms with Crippen molar-refractivity contribution in [2.45, 2.75) is 45.0 Å². The minimum atomic E-state index is -0.625. The average molecular weight is 451 g/mol. The molecule has 4 nitrogen and oxygen atoms in total. The summed E-state index contributed by atoms with van der Waals surface area (Å²) in [6, 6.07) is 12.9. The number of unbranched alkanes of at least 4 members (excludes halogenated alkanes) is 1. The van der Waals surface area contributed by atoms with Crippen LogP contribution in [0.5, 0.6) is 0 Å². The zero-order valence-electron chi connectivity index (χ0n) is 17.4. The van der Waals surface area contributed by atoms with Crippen LogP contribution in [0.25, 0.3) is 0 Å². The fourth-order valence-corrected chi connectivity index (χ4v) is 4.05. The number of nitrogens with zero attached hydrogens (tertiary/aromatic N) is 1. The Morgan fingerprint density at radius 3 is 2.53 bits per heavy atom. The number of nitrogens with one attached hydrogen (secondary N) is 1. The number of carbonyl (C=O) groups is 2. The second-order valence-electron chi connectivity index (χ2n) is 7.05. The third-order valence-electron chi connectivity index (χ3n) is 4.70. The van der Waals surface area contributed by atoms with Gasteiger partial charge in [0.25, 0.3) is 0 Å². The molecule has 1 N–H and O–H groups in total. The van der Waals surface area contributed by atoms with E-state index in [9.17, 15) is 14.0 Å². The highest BCUT2D eigenvalue weighted by Crippen LogP contribution is 2.21. The molecular weight excluding hydrogens is 423 g/mol. The third-order valence-corrected chi connectivity index (χ3v) is 6.04. The maximum atomic E-state index is 13.2. The Labute approximate surface area is 187 Å². The molecule has 1 atom stereocenters. The van der Waals surface area contributed by atoms with Gasteiger partial charge in [0.05, 0.1) is 5.75 Å². The smallest absolute Gasteiger partial charge is 0.242 e. The lowest BCUT2D eigenvalue weighted by Gasteiger charge is -2.29. The van der Waals surface area contributed by atoms with Gasteiger partial charge in [-0.1, -0.05) is 55.3 Å². The van der Waals surface area contributed by atoms with E-state index in [1.807, 2.05) is 24.3 Å². The van der Waals surface area contributed by atoms with Crippen LogP contribution in [-0.4, -0.2) is 35.1 Å². The van der Waals surface area contributed by atoms with E-state index in [2.05, 4.69) is 12.2 Å². The molecule has 2 aromatic carbocycles. The molecule has 0 heterocycles. The number of amides is 2. The van der Waals surface area contributed by atoms with Crippen LogP contribution in [-0.2, 0) is 21.9 Å². The van der Waals surface area contributed by atoms with Gasteiger partial charge in [0.2, 0.25) is 11.8 Å². The van der Waals surface area contributed by atoms with Crippen molar-refractivity contribution >= 4 is 35.2 Å². The highest BCUT2D eigenvalue weighted by molar-refractivity contribution is 7.99. The van der Waals surface area contributed by atoms with Crippen LogP contribution in [0.4, 0.5) is 4.39 Å². The summed E-state index contributed by atoms with van der Waals surface area (Å²) in [5.74, 6) is 0.160. The number of halogens is 2. The van der Waals surface area contributed by atoms with Crippen LogP contribution in [0.3, 0.4) is 0 Å². The van der Waals surface area contributed by atoms with Gasteiger partial charge in [0, 0.05) is 23.9 Å². The van der Waals surface area contributed by atoms with Crippen molar-refractivity contribution in [3.05, 3.63) is 70.5 Å². The molecule has 1 unspecified atom stereocenters. The Hall–Kier alpha value is -2.05. The Bertz CT molecular complexity index is 832. The van der Waals surface area contributed by atoms with E-state index < -0.39 is 6.04 Å². The van der Waals surface area contributed by atoms with E-state index in [4.69, 9.17) is 11.6 Å². The molecule has 0 aliphatic heterocycles. The molecule has 0 fully saturated rings. The Kier molecular flexibility index (Phi) is 10.2. The summed E-state index contributed by atoms with van der Waals surface area (Å²) in [5.41, 5.74) is 1.74. The normalized spacial score (nSPS) is 11.7. The zero-order chi connectivity index (χ0) is 21.9. The largest absolute Gasteiger partial charge is 0.354 e. The molecule has 162 valence electrons. The number of carbonyl (C=O) groups excluding carboxylic acids is 2. The molecule has 0 aliphatic rings. The first kappa shape index (κ1) is 24.2. The summed E-state index contributed by atoms with van der Waals surface area (Å²) in [4.78, 5) is 27.1. The SMILES string of the molecule is CCCCNC(=O)C(C)N(Cc1ccc(F)cc1)C(=O)CSCc1ccccc1Cl. The first-order valence-corrected chi connectivity index (χ1v) is 11.6. The van der Waals surface area contributed by atoms with Gasteiger partial charge in [-0.05, 0) is 42.7 Å². The van der Waals surface area contributed by atoms with Gasteiger partial charge in [0.1, 0.15) is 11.9 Å². The first-order chi connectivity index (χ1) is 14.4. The molecule has 0 bridgehead atoms. The summed E-state index contributed by atoms with van der Waals surface area (Å²) in [6.07, 6.45) is 1.86. The summed E-state index contributed by atoms with van der Waals surface area (Å²) in [5, 5.41) is 3.56. The molecule has 30 heavy (non-hydrogen) atoms. The molecule has 0 aromatic heterocycles. The lowest BCUT2D eigenvalue weighted by molar-refractivity contribution is -0.138. The van der Waals surface area contributed by atoms with Crippen molar-refractivity contribution < 1.29 is 14.0 Å². The second-order valence-corrected chi connectivity index (χ2v) is 8.45. The van der Waals surface area contributed by atoms with Gasteiger partial charge >= 0.3 is 0 Å². The predicted molar refractivity (Wildman–Crippen MR) is 122 cm³/mol. The van der Waals surface area contributed by atoms with Crippen molar-refractivity contribution in [2.24, 2.45) is 0 Å². The number of thioether (sulfide) groups is 1. The Morgan fingerprint density at radius 1 is 1.17 bits per heavy atom. The highest BCUT2D eigenvalue weighted by Gasteiger charge is 2.25. The Balaban J connectivity index is 2.04. The van der Waals surface area contributed by atoms with Crippen molar-refractivity contribution in [1.82, 2.24) is 10.2 Å². The van der Waals surface area contributed by atoms with Crippen LogP contribution in [0.1, 0.15) is 37.8 Å². The first-order valence-electron chi connectivity index (χ1n) is 10.0. The summed E-state index contributed by atoms with van der Waals surface area (Å²) in [6.45, 7) is 4.60. The minimum absolute atomic E-state index is 0.144. The molecule has 0 saturated heterocycles. The second kappa shape index (κ2) is 12.6. The molecular formula is C23H28ClFN2O2S. The lowest BCUT2D eigenvalue weighted by atomic mass is 10.1. The molecule has 2 rings (SSSR count). The maximum Gasteiger partial charge on any atom is 0.242 e. The predicted octanol–water partition coefficient (Wildman–Crippen LogP) is 5.05. The van der Waals surface area contributed by atoms with E-state index in [-0.39, 0.29) is 29.9 Å². The van der Waals surface area contributed by atoms with E-state index >= 15 is 0 Å². The molecule has 0 spiro atoms. The summed E-state index contributed by atoms with van der Waals surface area (Å²) in [7, 11) is 0. The van der Waals surface area contributed by atoms with Gasteiger partial charge in [-0.3, -0.25) is 9.59 Å². The van der Waals surface area contributed by atoms with E-state index in [1.165, 1.54) is 23.9 Å². The van der Waals surface area contributed by atoms with Crippen LogP contribution < -0.4 is 5.32 Å². The topological polar surface area (TPSA) is 49.4 Å². The third kappa shape index (κ3) is 7.65. The van der Waals surface area contributed by atoms with E-state index in [0.29, 0.717) is 17.3 Å². The summed E-state index contributed by atoms with van der Waals surface area (Å²) >= 11 is 7.64. The van der Waals surface area contributed by atoms with E-state index in [0.717, 1.165) is 24.0 Å². The van der Waals surface area contributed by atoms with Crippen molar-refractivity contribution in [3.63, 3.8) is 0 Å². The van der Waals surface area contributed by atoms with Gasteiger partial charge in [-0.2, -0.15) is 0 Å². The standard InChI is InChI=1S/C23H28ClFN2O2S/c1-3-4-13-26-23(29)17(2)27(14-18-9-11-20(25)12-10-18)22(28)16-30-15-19-7-5-6-8-21(19)24/h5-12,17H,3-4,13-16H2,1-2H3,(H,26,29). The van der Waals surface area contributed by atoms with Crippen molar-refractivity contribution in [1.29, 1.82) is 0 Å². The van der Waals surface area contributed by atoms with Crippen LogP contribution in [0.2, 0.25) is 5.02 Å². The number of benzene rings is 2. The van der Waals surface area contributed by atoms with Crippen LogP contribution >= 0.6 is 23.4 Å². The van der Waals surface area contributed by atoms with Gasteiger partial charge in [0.15, 0.2) is 0 Å². The average Bonchev–Trinajstić information content (AvgIpc) is 2.74. The van der Waals surface area contributed by atoms with E-state index in [1.54, 1.807) is 24.0 Å². The van der Waals surface area contributed by atoms with Gasteiger partial charge in [-0.25, -0.2) is 4.39 Å². The fourth-order valence-electron chi connectivity index (χ4n) is 2.85. The fraction of sp³-hybridized carbons (Fsp3) is 0.391. The van der Waals surface area contributed by atoms with Crippen LogP contribution in [0.15, 0.2) is 48.5 Å². The van der Waals surface area contributed by atoms with Gasteiger partial charge in [-0.15, -0.1) is 11.8 Å². The van der Waals surface area contributed by atoms with Crippen LogP contribution in [0, 0.1) is 5.82 Å². The number of rotatable bonds is 11. The molecule has 7 heteroatoms. The number of hydrogen-bond acceptors (Lipinski definition) is 3. The Morgan fingerprint density at radius 2 is 1.87 bits per heavy atom. The molecule has 0 saturated carbocycles. The molecule has 2 amide bonds. The monoisotopic (exact) mass is 450 g/mol.